The van der Waals surface area contributed by atoms with E-state index in [4.69, 9.17) is 21.1 Å². The van der Waals surface area contributed by atoms with E-state index in [0.717, 1.165) is 49.6 Å². The van der Waals surface area contributed by atoms with Crippen molar-refractivity contribution in [2.45, 2.75) is 71.4 Å². The molecule has 3 saturated heterocycles. The van der Waals surface area contributed by atoms with Crippen LogP contribution in [0.4, 0.5) is 5.69 Å². The first-order chi connectivity index (χ1) is 15.3. The molecule has 5 unspecified atom stereocenters. The van der Waals surface area contributed by atoms with Crippen LogP contribution in [-0.4, -0.2) is 62.5 Å². The lowest BCUT2D eigenvalue weighted by Crippen LogP contribution is -2.50. The fourth-order valence-electron chi connectivity index (χ4n) is 5.52. The van der Waals surface area contributed by atoms with Gasteiger partial charge in [-0.15, -0.1) is 0 Å². The highest BCUT2D eigenvalue weighted by Gasteiger charge is 2.44. The Balaban J connectivity index is 1.44. The Labute approximate surface area is 197 Å². The van der Waals surface area contributed by atoms with Gasteiger partial charge in [0.05, 0.1) is 5.92 Å². The predicted octanol–water partition coefficient (Wildman–Crippen LogP) is 4.14. The van der Waals surface area contributed by atoms with Crippen LogP contribution in [0.15, 0.2) is 12.1 Å². The third kappa shape index (κ3) is 4.79. The average molecular weight is 464 g/mol. The first-order valence-corrected chi connectivity index (χ1v) is 12.5. The highest BCUT2D eigenvalue weighted by atomic mass is 35.5. The molecule has 3 heterocycles. The summed E-state index contributed by atoms with van der Waals surface area (Å²) in [6.45, 7) is 11.9. The molecule has 32 heavy (non-hydrogen) atoms. The minimum absolute atomic E-state index is 0.00109. The molecule has 0 bridgehead atoms. The lowest BCUT2D eigenvalue weighted by molar-refractivity contribution is -0.142. The molecule has 3 aliphatic rings. The molecule has 1 amide bonds. The number of carbonyl (C=O) groups excluding carboxylic acids is 1. The van der Waals surface area contributed by atoms with Crippen LogP contribution in [0.2, 0.25) is 5.02 Å². The van der Waals surface area contributed by atoms with Gasteiger partial charge in [-0.1, -0.05) is 18.5 Å². The number of rotatable bonds is 7. The van der Waals surface area contributed by atoms with E-state index in [1.54, 1.807) is 0 Å². The molecule has 1 aromatic carbocycles. The molecule has 1 aromatic rings. The molecule has 0 radical (unpaired) electrons. The summed E-state index contributed by atoms with van der Waals surface area (Å²) in [5, 5.41) is 4.24. The number of nitrogens with zero attached hydrogens (tertiary/aromatic N) is 2. The molecule has 7 heteroatoms. The summed E-state index contributed by atoms with van der Waals surface area (Å²) in [4.78, 5) is 17.1. The Morgan fingerprint density at radius 2 is 1.97 bits per heavy atom. The minimum Gasteiger partial charge on any atom is -0.381 e. The van der Waals surface area contributed by atoms with E-state index in [9.17, 15) is 4.79 Å². The van der Waals surface area contributed by atoms with Gasteiger partial charge in [-0.25, -0.2) is 0 Å². The fraction of sp³-hybridized carbons (Fsp3) is 0.720. The number of nitrogens with one attached hydrogen (secondary N) is 1. The lowest BCUT2D eigenvalue weighted by atomic mass is 9.83. The van der Waals surface area contributed by atoms with Crippen molar-refractivity contribution in [2.24, 2.45) is 11.8 Å². The van der Waals surface area contributed by atoms with E-state index in [-0.39, 0.29) is 24.2 Å². The number of piperidine rings is 1. The fourth-order valence-corrected chi connectivity index (χ4v) is 5.74. The minimum atomic E-state index is -0.0668. The molecule has 0 saturated carbocycles. The SMILES string of the molecule is CCN(c1cc(Cl)cc(C2OC2NCC2C(=O)N(C)C(C)CC2C)c1C)C1CCOCC1. The number of epoxide rings is 1. The van der Waals surface area contributed by atoms with Gasteiger partial charge in [0.2, 0.25) is 5.91 Å². The van der Waals surface area contributed by atoms with E-state index >= 15 is 0 Å². The molecule has 3 fully saturated rings. The summed E-state index contributed by atoms with van der Waals surface area (Å²) in [6.07, 6.45) is 3.04. The molecule has 1 N–H and O–H groups in total. The van der Waals surface area contributed by atoms with Gasteiger partial charge in [-0.05, 0) is 69.2 Å². The summed E-state index contributed by atoms with van der Waals surface area (Å²) in [5.74, 6) is 0.605. The number of hydrogen-bond acceptors (Lipinski definition) is 5. The maximum Gasteiger partial charge on any atom is 0.227 e. The number of amides is 1. The van der Waals surface area contributed by atoms with Crippen molar-refractivity contribution in [3.05, 3.63) is 28.3 Å². The second-order valence-electron chi connectivity index (χ2n) is 9.77. The van der Waals surface area contributed by atoms with Gasteiger partial charge in [0.1, 0.15) is 12.3 Å². The first-order valence-electron chi connectivity index (χ1n) is 12.1. The van der Waals surface area contributed by atoms with Gasteiger partial charge in [0.25, 0.3) is 0 Å². The Morgan fingerprint density at radius 1 is 1.25 bits per heavy atom. The molecule has 6 nitrogen and oxygen atoms in total. The summed E-state index contributed by atoms with van der Waals surface area (Å²) >= 11 is 6.57. The van der Waals surface area contributed by atoms with Gasteiger partial charge >= 0.3 is 0 Å². The predicted molar refractivity (Wildman–Crippen MR) is 128 cm³/mol. The van der Waals surface area contributed by atoms with Crippen molar-refractivity contribution in [2.75, 3.05) is 38.3 Å². The zero-order valence-electron chi connectivity index (χ0n) is 20.1. The van der Waals surface area contributed by atoms with Crippen LogP contribution >= 0.6 is 11.6 Å². The Hall–Kier alpha value is -1.34. The number of anilines is 1. The van der Waals surface area contributed by atoms with Gasteiger partial charge in [-0.3, -0.25) is 10.1 Å². The summed E-state index contributed by atoms with van der Waals surface area (Å²) in [6, 6.07) is 4.91. The molecule has 3 aliphatic heterocycles. The number of ether oxygens (including phenoxy) is 2. The van der Waals surface area contributed by atoms with Crippen LogP contribution in [0.1, 0.15) is 57.3 Å². The molecule has 0 aliphatic carbocycles. The maximum absolute atomic E-state index is 12.7. The average Bonchev–Trinajstić information content (AvgIpc) is 3.55. The van der Waals surface area contributed by atoms with Crippen LogP contribution in [0, 0.1) is 18.8 Å². The molecule has 5 atom stereocenters. The topological polar surface area (TPSA) is 57.3 Å². The molecule has 178 valence electrons. The quantitative estimate of drug-likeness (QED) is 0.616. The molecular weight excluding hydrogens is 426 g/mol. The van der Waals surface area contributed by atoms with Crippen molar-refractivity contribution < 1.29 is 14.3 Å². The maximum atomic E-state index is 12.7. The summed E-state index contributed by atoms with van der Waals surface area (Å²) in [5.41, 5.74) is 3.57. The molecule has 0 spiro atoms. The number of hydrogen-bond donors (Lipinski definition) is 1. The van der Waals surface area contributed by atoms with Gasteiger partial charge < -0.3 is 19.3 Å². The number of benzene rings is 1. The van der Waals surface area contributed by atoms with Crippen LogP contribution < -0.4 is 10.2 Å². The highest BCUT2D eigenvalue weighted by Crippen LogP contribution is 2.43. The van der Waals surface area contributed by atoms with Crippen molar-refractivity contribution >= 4 is 23.2 Å². The van der Waals surface area contributed by atoms with E-state index in [1.807, 2.05) is 18.0 Å². The van der Waals surface area contributed by atoms with Crippen molar-refractivity contribution in [3.63, 3.8) is 0 Å². The zero-order valence-corrected chi connectivity index (χ0v) is 20.8. The van der Waals surface area contributed by atoms with Gasteiger partial charge in [0, 0.05) is 56.1 Å². The van der Waals surface area contributed by atoms with Crippen LogP contribution in [0.5, 0.6) is 0 Å². The number of halogens is 1. The van der Waals surface area contributed by atoms with Crippen LogP contribution in [0.25, 0.3) is 0 Å². The second kappa shape index (κ2) is 9.88. The van der Waals surface area contributed by atoms with E-state index in [0.29, 0.717) is 24.5 Å². The normalized spacial score (nSPS) is 31.1. The van der Waals surface area contributed by atoms with E-state index in [2.05, 4.69) is 44.0 Å². The van der Waals surface area contributed by atoms with Crippen molar-refractivity contribution in [1.29, 1.82) is 0 Å². The van der Waals surface area contributed by atoms with E-state index in [1.165, 1.54) is 11.3 Å². The standard InChI is InChI=1S/C25H38ClN3O3/c1-6-29(19-7-9-31-10-8-19)22-13-18(26)12-20(17(22)4)23-24(32-23)27-14-21-15(2)11-16(3)28(5)25(21)30/h12-13,15-16,19,21,23-24,27H,6-11,14H2,1-5H3. The number of likely N-dealkylation sites (tertiary alicyclic amines) is 1. The molecule has 0 aromatic heterocycles. The highest BCUT2D eigenvalue weighted by molar-refractivity contribution is 6.31. The summed E-state index contributed by atoms with van der Waals surface area (Å²) < 4.78 is 11.6. The Morgan fingerprint density at radius 3 is 2.66 bits per heavy atom. The third-order valence-electron chi connectivity index (χ3n) is 7.73. The van der Waals surface area contributed by atoms with E-state index < -0.39 is 0 Å². The largest absolute Gasteiger partial charge is 0.381 e. The molecular formula is C25H38ClN3O3. The third-order valence-corrected chi connectivity index (χ3v) is 7.95. The first kappa shape index (κ1) is 23.8. The van der Waals surface area contributed by atoms with Crippen molar-refractivity contribution in [3.8, 4) is 0 Å². The monoisotopic (exact) mass is 463 g/mol. The Bertz CT molecular complexity index is 829. The number of carbonyl (C=O) groups is 1. The second-order valence-corrected chi connectivity index (χ2v) is 10.2. The van der Waals surface area contributed by atoms with Crippen LogP contribution in [-0.2, 0) is 14.3 Å². The zero-order chi connectivity index (χ0) is 23.0. The van der Waals surface area contributed by atoms with Crippen LogP contribution in [0.3, 0.4) is 0 Å². The summed E-state index contributed by atoms with van der Waals surface area (Å²) in [7, 11) is 1.91. The Kier molecular flexibility index (Phi) is 7.35. The van der Waals surface area contributed by atoms with Crippen molar-refractivity contribution in [1.82, 2.24) is 10.2 Å². The smallest absolute Gasteiger partial charge is 0.227 e. The van der Waals surface area contributed by atoms with Gasteiger partial charge in [0.15, 0.2) is 0 Å². The molecule has 4 rings (SSSR count). The lowest BCUT2D eigenvalue weighted by Gasteiger charge is -2.39. The van der Waals surface area contributed by atoms with Gasteiger partial charge in [-0.2, -0.15) is 0 Å².